The van der Waals surface area contributed by atoms with E-state index >= 15 is 0 Å². The number of thiophene rings is 1. The Labute approximate surface area is 184 Å². The Kier molecular flexibility index (Phi) is 7.28. The highest BCUT2D eigenvalue weighted by Crippen LogP contribution is 2.31. The summed E-state index contributed by atoms with van der Waals surface area (Å²) in [4.78, 5) is 7.39. The Morgan fingerprint density at radius 1 is 1.20 bits per heavy atom. The van der Waals surface area contributed by atoms with E-state index in [4.69, 9.17) is 4.99 Å². The third kappa shape index (κ3) is 5.35. The molecule has 30 heavy (non-hydrogen) atoms. The molecule has 1 aromatic heterocycles. The van der Waals surface area contributed by atoms with Crippen LogP contribution in [0.5, 0.6) is 5.75 Å². The van der Waals surface area contributed by atoms with Gasteiger partial charge in [-0.1, -0.05) is 6.07 Å². The number of benzene rings is 1. The second kappa shape index (κ2) is 10.3. The van der Waals surface area contributed by atoms with Crippen LogP contribution in [0.2, 0.25) is 0 Å². The van der Waals surface area contributed by atoms with Crippen molar-refractivity contribution < 1.29 is 5.11 Å². The van der Waals surface area contributed by atoms with Crippen molar-refractivity contribution in [1.82, 2.24) is 15.5 Å². The largest absolute Gasteiger partial charge is 0.508 e. The maximum absolute atomic E-state index is 10.5. The maximum Gasteiger partial charge on any atom is 0.191 e. The molecule has 1 aliphatic heterocycles. The highest BCUT2D eigenvalue weighted by atomic mass is 32.1. The molecule has 0 bridgehead atoms. The Morgan fingerprint density at radius 3 is 2.80 bits per heavy atom. The van der Waals surface area contributed by atoms with E-state index in [0.717, 1.165) is 63.4 Å². The monoisotopic (exact) mass is 426 g/mol. The molecule has 0 saturated carbocycles. The summed E-state index contributed by atoms with van der Waals surface area (Å²) in [6.45, 7) is 6.74. The van der Waals surface area contributed by atoms with Crippen molar-refractivity contribution in [3.8, 4) is 5.75 Å². The Hall–Kier alpha value is -2.05. The Bertz CT molecular complexity index is 841. The third-order valence-electron chi connectivity index (χ3n) is 6.28. The first-order valence-corrected chi connectivity index (χ1v) is 12.3. The van der Waals surface area contributed by atoms with Gasteiger partial charge in [0.15, 0.2) is 5.96 Å². The first kappa shape index (κ1) is 21.2. The van der Waals surface area contributed by atoms with Crippen LogP contribution in [0.15, 0.2) is 34.0 Å². The summed E-state index contributed by atoms with van der Waals surface area (Å²) in [6.07, 6.45) is 6.88. The zero-order valence-electron chi connectivity index (χ0n) is 18.0. The number of phenolic OH excluding ortho intramolecular Hbond substituents is 1. The summed E-state index contributed by atoms with van der Waals surface area (Å²) in [7, 11) is 0. The Morgan fingerprint density at radius 2 is 2.03 bits per heavy atom. The van der Waals surface area contributed by atoms with Crippen LogP contribution in [0.1, 0.15) is 54.9 Å². The fourth-order valence-corrected chi connectivity index (χ4v) is 5.28. The molecular formula is C24H34N4OS. The number of piperidine rings is 1. The number of phenols is 1. The molecule has 1 aliphatic carbocycles. The normalized spacial score (nSPS) is 18.2. The van der Waals surface area contributed by atoms with Crippen LogP contribution in [0.3, 0.4) is 0 Å². The number of nitrogens with zero attached hydrogens (tertiary/aromatic N) is 2. The van der Waals surface area contributed by atoms with E-state index in [9.17, 15) is 5.11 Å². The number of hydrogen-bond acceptors (Lipinski definition) is 4. The molecule has 2 aliphatic rings. The van der Waals surface area contributed by atoms with Gasteiger partial charge in [0.05, 0.1) is 6.54 Å². The molecule has 5 nitrogen and oxygen atoms in total. The minimum Gasteiger partial charge on any atom is -0.508 e. The summed E-state index contributed by atoms with van der Waals surface area (Å²) in [6, 6.07) is 6.60. The molecule has 2 aromatic rings. The molecule has 1 saturated heterocycles. The number of likely N-dealkylation sites (tertiary alicyclic amines) is 1. The van der Waals surface area contributed by atoms with Gasteiger partial charge >= 0.3 is 0 Å². The van der Waals surface area contributed by atoms with E-state index in [2.05, 4.69) is 45.4 Å². The van der Waals surface area contributed by atoms with Crippen molar-refractivity contribution >= 4 is 17.3 Å². The lowest BCUT2D eigenvalue weighted by Crippen LogP contribution is -2.48. The van der Waals surface area contributed by atoms with Gasteiger partial charge in [-0.05, 0) is 85.0 Å². The van der Waals surface area contributed by atoms with Crippen LogP contribution < -0.4 is 10.6 Å². The number of aliphatic imine (C=N–C) groups is 1. The van der Waals surface area contributed by atoms with Crippen molar-refractivity contribution in [3.63, 3.8) is 0 Å². The molecule has 1 fully saturated rings. The lowest BCUT2D eigenvalue weighted by atomic mass is 9.88. The van der Waals surface area contributed by atoms with Crippen LogP contribution in [0, 0.1) is 0 Å². The van der Waals surface area contributed by atoms with Gasteiger partial charge in [-0.15, -0.1) is 0 Å². The molecule has 2 heterocycles. The van der Waals surface area contributed by atoms with Crippen LogP contribution in [0.4, 0.5) is 0 Å². The minimum absolute atomic E-state index is 0.386. The zero-order chi connectivity index (χ0) is 20.8. The second-order valence-corrected chi connectivity index (χ2v) is 9.21. The van der Waals surface area contributed by atoms with Crippen LogP contribution in [-0.4, -0.2) is 41.6 Å². The smallest absolute Gasteiger partial charge is 0.191 e. The van der Waals surface area contributed by atoms with E-state index in [0.29, 0.717) is 18.3 Å². The quantitative estimate of drug-likeness (QED) is 0.482. The van der Waals surface area contributed by atoms with Gasteiger partial charge in [0, 0.05) is 37.8 Å². The first-order chi connectivity index (χ1) is 14.7. The van der Waals surface area contributed by atoms with Crippen molar-refractivity contribution in [2.75, 3.05) is 19.6 Å². The molecule has 6 heteroatoms. The van der Waals surface area contributed by atoms with Crippen molar-refractivity contribution in [3.05, 3.63) is 51.2 Å². The molecule has 0 atom stereocenters. The second-order valence-electron chi connectivity index (χ2n) is 8.43. The lowest BCUT2D eigenvalue weighted by molar-refractivity contribution is 0.198. The molecule has 0 unspecified atom stereocenters. The van der Waals surface area contributed by atoms with E-state index < -0.39 is 0 Å². The predicted molar refractivity (Wildman–Crippen MR) is 125 cm³/mol. The predicted octanol–water partition coefficient (Wildman–Crippen LogP) is 4.05. The SMILES string of the molecule is CCNC(=NCc1c(O)ccc2c1CCCC2)NC1CCN(Cc2ccsc2)CC1. The van der Waals surface area contributed by atoms with E-state index in [-0.39, 0.29) is 0 Å². The number of nitrogens with one attached hydrogen (secondary N) is 2. The topological polar surface area (TPSA) is 59.9 Å². The third-order valence-corrected chi connectivity index (χ3v) is 7.01. The molecule has 1 aromatic carbocycles. The van der Waals surface area contributed by atoms with Gasteiger partial charge in [-0.25, -0.2) is 4.99 Å². The summed E-state index contributed by atoms with van der Waals surface area (Å²) in [5.41, 5.74) is 5.14. The molecule has 0 amide bonds. The van der Waals surface area contributed by atoms with Gasteiger partial charge in [0.1, 0.15) is 5.75 Å². The van der Waals surface area contributed by atoms with E-state index in [1.165, 1.54) is 29.5 Å². The Balaban J connectivity index is 1.36. The van der Waals surface area contributed by atoms with Gasteiger partial charge in [-0.3, -0.25) is 4.90 Å². The number of guanidine groups is 1. The van der Waals surface area contributed by atoms with Crippen molar-refractivity contribution in [2.24, 2.45) is 4.99 Å². The van der Waals surface area contributed by atoms with Crippen LogP contribution >= 0.6 is 11.3 Å². The number of hydrogen-bond donors (Lipinski definition) is 3. The average molecular weight is 427 g/mol. The summed E-state index contributed by atoms with van der Waals surface area (Å²) < 4.78 is 0. The maximum atomic E-state index is 10.5. The van der Waals surface area contributed by atoms with E-state index in [1.54, 1.807) is 11.3 Å². The lowest BCUT2D eigenvalue weighted by Gasteiger charge is -2.33. The van der Waals surface area contributed by atoms with E-state index in [1.807, 2.05) is 6.07 Å². The number of aromatic hydroxyl groups is 1. The van der Waals surface area contributed by atoms with Crippen molar-refractivity contribution in [1.29, 1.82) is 0 Å². The molecule has 162 valence electrons. The molecule has 0 spiro atoms. The van der Waals surface area contributed by atoms with Gasteiger partial charge in [-0.2, -0.15) is 11.3 Å². The summed E-state index contributed by atoms with van der Waals surface area (Å²) in [5, 5.41) is 21.9. The summed E-state index contributed by atoms with van der Waals surface area (Å²) >= 11 is 1.77. The highest BCUT2D eigenvalue weighted by Gasteiger charge is 2.21. The zero-order valence-corrected chi connectivity index (χ0v) is 18.8. The molecule has 3 N–H and O–H groups in total. The summed E-state index contributed by atoms with van der Waals surface area (Å²) in [5.74, 6) is 1.25. The average Bonchev–Trinajstić information content (AvgIpc) is 3.27. The van der Waals surface area contributed by atoms with Gasteiger partial charge < -0.3 is 15.7 Å². The first-order valence-electron chi connectivity index (χ1n) is 11.3. The number of rotatable bonds is 6. The fraction of sp³-hybridized carbons (Fsp3) is 0.542. The standard InChI is InChI=1S/C24H34N4OS/c1-2-25-24(26-15-22-21-6-4-3-5-19(21)7-8-23(22)29)27-20-9-12-28(13-10-20)16-18-11-14-30-17-18/h7-8,11,14,17,20,29H,2-6,9-10,12-13,15-16H2,1H3,(H2,25,26,27). The number of fused-ring (bicyclic) bond motifs is 1. The van der Waals surface area contributed by atoms with Crippen LogP contribution in [-0.2, 0) is 25.9 Å². The highest BCUT2D eigenvalue weighted by molar-refractivity contribution is 7.07. The molecular weight excluding hydrogens is 392 g/mol. The minimum atomic E-state index is 0.386. The molecule has 4 rings (SSSR count). The number of aryl methyl sites for hydroxylation is 1. The van der Waals surface area contributed by atoms with Crippen molar-refractivity contribution in [2.45, 2.75) is 64.6 Å². The van der Waals surface area contributed by atoms with Gasteiger partial charge in [0.25, 0.3) is 0 Å². The molecule has 0 radical (unpaired) electrons. The van der Waals surface area contributed by atoms with Crippen LogP contribution in [0.25, 0.3) is 0 Å². The fourth-order valence-electron chi connectivity index (χ4n) is 4.62. The van der Waals surface area contributed by atoms with Gasteiger partial charge in [0.2, 0.25) is 0 Å².